The van der Waals surface area contributed by atoms with E-state index in [0.29, 0.717) is 71.9 Å². The Bertz CT molecular complexity index is 517. The molecule has 0 fully saturated rings. The van der Waals surface area contributed by atoms with Crippen LogP contribution in [0.2, 0.25) is 10.4 Å². The number of hydrogen-bond donors (Lipinski definition) is 2. The average Bonchev–Trinajstić information content (AvgIpc) is 2.51. The van der Waals surface area contributed by atoms with Gasteiger partial charge in [0.2, 0.25) is 0 Å². The summed E-state index contributed by atoms with van der Waals surface area (Å²) >= 11 is 4.19. The number of aryl methyl sites for hydroxylation is 1. The molecule has 0 aliphatic carbocycles. The molecule has 2 atom stereocenters. The number of hydrogen-bond acceptors (Lipinski definition) is 5. The molecule has 1 unspecified atom stereocenters. The Morgan fingerprint density at radius 2 is 2.17 bits per heavy atom. The molecular formula is C16H26AsCsN2OS2. The van der Waals surface area contributed by atoms with Crippen molar-refractivity contribution in [2.45, 2.75) is 17.3 Å². The maximum absolute atomic E-state index is 10.1. The van der Waals surface area contributed by atoms with Crippen molar-refractivity contribution >= 4 is 90.6 Å². The number of benzene rings is 1. The van der Waals surface area contributed by atoms with Crippen LogP contribution in [0.3, 0.4) is 0 Å². The molecule has 0 heterocycles. The van der Waals surface area contributed by atoms with Crippen LogP contribution in [0.15, 0.2) is 18.2 Å². The van der Waals surface area contributed by atoms with Crippen LogP contribution in [-0.2, 0) is 0 Å². The molecule has 1 rings (SSSR count). The molecule has 0 aromatic heterocycles. The van der Waals surface area contributed by atoms with Gasteiger partial charge >= 0.3 is 196 Å². The molecule has 1 aromatic rings. The van der Waals surface area contributed by atoms with Gasteiger partial charge in [-0.3, -0.25) is 0 Å². The summed E-state index contributed by atoms with van der Waals surface area (Å²) < 4.78 is 0.161. The Morgan fingerprint density at radius 3 is 2.78 bits per heavy atom. The molecule has 0 saturated carbocycles. The van der Waals surface area contributed by atoms with E-state index in [1.54, 1.807) is 11.8 Å². The predicted molar refractivity (Wildman–Crippen MR) is 109 cm³/mol. The van der Waals surface area contributed by atoms with E-state index in [1.165, 1.54) is 12.3 Å². The minimum atomic E-state index is -0.625. The summed E-state index contributed by atoms with van der Waals surface area (Å²) in [6.45, 7) is 4.21. The zero-order valence-electron chi connectivity index (χ0n) is 14.8. The van der Waals surface area contributed by atoms with E-state index in [1.807, 2.05) is 36.9 Å². The number of aromatic hydroxyl groups is 1. The number of phenols is 1. The molecule has 0 aliphatic heterocycles. The summed E-state index contributed by atoms with van der Waals surface area (Å²) in [5.41, 5.74) is 4.02. The van der Waals surface area contributed by atoms with Crippen LogP contribution < -0.4 is 0 Å². The quantitative estimate of drug-likeness (QED) is 0.291. The molecule has 7 heteroatoms. The van der Waals surface area contributed by atoms with Gasteiger partial charge in [-0.15, -0.1) is 0 Å². The first-order chi connectivity index (χ1) is 10.9. The second-order valence-corrected chi connectivity index (χ2v) is 36.6. The molecule has 124 valence electrons. The zero-order valence-corrected chi connectivity index (χ0v) is 24.6. The van der Waals surface area contributed by atoms with Crippen LogP contribution in [0.1, 0.15) is 11.1 Å². The van der Waals surface area contributed by atoms with Crippen molar-refractivity contribution in [2.24, 2.45) is 0 Å². The molecule has 0 amide bonds. The molecule has 1 aromatic carbocycles. The van der Waals surface area contributed by atoms with Gasteiger partial charge in [0.1, 0.15) is 0 Å². The summed E-state index contributed by atoms with van der Waals surface area (Å²) in [5, 5.41) is 19.0. The van der Waals surface area contributed by atoms with Gasteiger partial charge in [-0.2, -0.15) is 0 Å². The molecule has 0 saturated heterocycles. The fourth-order valence-corrected chi connectivity index (χ4v) is 17.3. The third-order valence-corrected chi connectivity index (χ3v) is 21.7. The van der Waals surface area contributed by atoms with Crippen molar-refractivity contribution in [3.8, 4) is 5.75 Å². The zero-order chi connectivity index (χ0) is 17.4. The van der Waals surface area contributed by atoms with Crippen LogP contribution >= 0.6 is 23.5 Å². The molecule has 0 spiro atoms. The number of rotatable bonds is 9. The van der Waals surface area contributed by atoms with Crippen molar-refractivity contribution < 1.29 is 5.11 Å². The Balaban J connectivity index is 2.61. The Kier molecular flexibility index (Phi) is 12.4. The minimum absolute atomic E-state index is 0.265. The van der Waals surface area contributed by atoms with E-state index in [0.717, 1.165) is 22.6 Å². The van der Waals surface area contributed by atoms with Crippen molar-refractivity contribution in [2.75, 3.05) is 37.9 Å². The van der Waals surface area contributed by atoms with Gasteiger partial charge in [-0.1, -0.05) is 0 Å². The topological polar surface area (TPSA) is 47.3 Å². The summed E-state index contributed by atoms with van der Waals surface area (Å²) in [6.07, 6.45) is 2.16. The summed E-state index contributed by atoms with van der Waals surface area (Å²) in [4.78, 5) is 2.46. The SMILES string of the molecule is CSCCN(C)C[C@H](CSC(=N)c1cccc(C)c1O)[As](C)[Cs]. The van der Waals surface area contributed by atoms with Gasteiger partial charge in [-0.25, -0.2) is 0 Å². The Morgan fingerprint density at radius 1 is 1.48 bits per heavy atom. The molecule has 23 heavy (non-hydrogen) atoms. The first-order valence-electron chi connectivity index (χ1n) is 7.71. The standard InChI is InChI=1S/C16H26AsN2OS2.Cs/c1-12-6-5-7-14(15(12)20)16(18)22-11-13(17-2)10-19(3)8-9-21-4;/h5-7,13,18,20H,8-11H2,1-4H3;/q-1;+1/t13-;/m1./s1. The normalized spacial score (nSPS) is 14.0. The van der Waals surface area contributed by atoms with Crippen LogP contribution in [0.25, 0.3) is 0 Å². The van der Waals surface area contributed by atoms with Crippen LogP contribution in [0, 0.1) is 12.3 Å². The van der Waals surface area contributed by atoms with Gasteiger partial charge < -0.3 is 0 Å². The fourth-order valence-electron chi connectivity index (χ4n) is 2.16. The monoisotopic (exact) mass is 534 g/mol. The Hall–Kier alpha value is 1.96. The third kappa shape index (κ3) is 8.46. The van der Waals surface area contributed by atoms with Gasteiger partial charge in [0.05, 0.1) is 0 Å². The molecule has 0 bridgehead atoms. The van der Waals surface area contributed by atoms with E-state index in [-0.39, 0.29) is 5.75 Å². The van der Waals surface area contributed by atoms with Gasteiger partial charge in [-0.05, 0) is 0 Å². The summed E-state index contributed by atoms with van der Waals surface area (Å²) in [7, 11) is 2.22. The number of nitrogens with zero attached hydrogens (tertiary/aromatic N) is 1. The average molecular weight is 534 g/mol. The summed E-state index contributed by atoms with van der Waals surface area (Å²) in [6, 6.07) is 5.66. The second kappa shape index (κ2) is 12.4. The van der Waals surface area contributed by atoms with E-state index in [2.05, 4.69) is 23.9 Å². The molecule has 0 aliphatic rings. The molecule has 2 N–H and O–H groups in total. The van der Waals surface area contributed by atoms with Crippen molar-refractivity contribution in [1.82, 2.24) is 4.90 Å². The first kappa shape index (κ1) is 23.0. The molecule has 0 radical (unpaired) electrons. The van der Waals surface area contributed by atoms with Crippen LogP contribution in [0.5, 0.6) is 5.75 Å². The van der Waals surface area contributed by atoms with Gasteiger partial charge in [0, 0.05) is 0 Å². The van der Waals surface area contributed by atoms with Gasteiger partial charge in [0.25, 0.3) is 0 Å². The van der Waals surface area contributed by atoms with E-state index >= 15 is 0 Å². The third-order valence-electron chi connectivity index (χ3n) is 3.83. The van der Waals surface area contributed by atoms with Crippen molar-refractivity contribution in [3.05, 3.63) is 29.3 Å². The number of para-hydroxylation sites is 1. The molecular weight excluding hydrogens is 508 g/mol. The number of nitrogens with one attached hydrogen (secondary N) is 1. The van der Waals surface area contributed by atoms with Crippen molar-refractivity contribution in [3.63, 3.8) is 0 Å². The van der Waals surface area contributed by atoms with Crippen LogP contribution in [0.4, 0.5) is 0 Å². The van der Waals surface area contributed by atoms with Crippen LogP contribution in [-0.4, -0.2) is 115 Å². The molecule has 3 nitrogen and oxygen atoms in total. The van der Waals surface area contributed by atoms with Crippen molar-refractivity contribution in [1.29, 1.82) is 5.41 Å². The fraction of sp³-hybridized carbons (Fsp3) is 0.562. The number of phenolic OH excluding ortho intramolecular Hbond substituents is 1. The first-order valence-corrected chi connectivity index (χ1v) is 29.5. The van der Waals surface area contributed by atoms with E-state index < -0.39 is 0.797 Å². The second-order valence-electron chi connectivity index (χ2n) is 5.98. The predicted octanol–water partition coefficient (Wildman–Crippen LogP) is 3.21. The number of thioether (sulfide) groups is 2. The van der Waals surface area contributed by atoms with E-state index in [4.69, 9.17) is 5.41 Å². The van der Waals surface area contributed by atoms with Gasteiger partial charge in [0.15, 0.2) is 0 Å². The van der Waals surface area contributed by atoms with E-state index in [9.17, 15) is 5.11 Å². The maximum atomic E-state index is 10.1. The summed E-state index contributed by atoms with van der Waals surface area (Å²) in [5.74, 6) is 2.48. The Labute approximate surface area is 192 Å².